The fraction of sp³-hybridized carbons (Fsp3) is 0.158. The number of para-hydroxylation sites is 1. The zero-order chi connectivity index (χ0) is 20.2. The van der Waals surface area contributed by atoms with Gasteiger partial charge in [-0.25, -0.2) is 9.97 Å². The van der Waals surface area contributed by atoms with Gasteiger partial charge in [0.05, 0.1) is 4.92 Å². The molecule has 1 aliphatic rings. The SMILES string of the molecule is O=C(NNc1ncnc(N2CCCc3ccccc32)c1[N+](=O)[O-])c1ccncc1. The normalized spacial score (nSPS) is 12.8. The minimum Gasteiger partial charge on any atom is -0.320 e. The van der Waals surface area contributed by atoms with E-state index in [0.29, 0.717) is 12.1 Å². The highest BCUT2D eigenvalue weighted by Gasteiger charge is 2.30. The van der Waals surface area contributed by atoms with Gasteiger partial charge in [0.25, 0.3) is 5.91 Å². The van der Waals surface area contributed by atoms with Crippen molar-refractivity contribution in [1.82, 2.24) is 20.4 Å². The largest absolute Gasteiger partial charge is 0.355 e. The lowest BCUT2D eigenvalue weighted by atomic mass is 10.0. The number of benzene rings is 1. The molecule has 1 aromatic carbocycles. The summed E-state index contributed by atoms with van der Waals surface area (Å²) in [5, 5.41) is 11.8. The lowest BCUT2D eigenvalue weighted by molar-refractivity contribution is -0.383. The molecular weight excluding hydrogens is 374 g/mol. The highest BCUT2D eigenvalue weighted by atomic mass is 16.6. The van der Waals surface area contributed by atoms with E-state index in [4.69, 9.17) is 0 Å². The number of carbonyl (C=O) groups excluding carboxylic acids is 1. The molecule has 0 saturated carbocycles. The Labute approximate surface area is 165 Å². The van der Waals surface area contributed by atoms with E-state index in [-0.39, 0.29) is 17.3 Å². The molecule has 0 radical (unpaired) electrons. The number of pyridine rings is 1. The van der Waals surface area contributed by atoms with E-state index in [1.165, 1.54) is 30.9 Å². The third-order valence-electron chi connectivity index (χ3n) is 4.59. The molecule has 146 valence electrons. The molecule has 0 aliphatic carbocycles. The van der Waals surface area contributed by atoms with Crippen LogP contribution in [0.25, 0.3) is 0 Å². The third kappa shape index (κ3) is 3.68. The van der Waals surface area contributed by atoms with Crippen LogP contribution in [-0.4, -0.2) is 32.3 Å². The van der Waals surface area contributed by atoms with Crippen molar-refractivity contribution in [1.29, 1.82) is 0 Å². The third-order valence-corrected chi connectivity index (χ3v) is 4.59. The van der Waals surface area contributed by atoms with Gasteiger partial charge in [0.1, 0.15) is 6.33 Å². The van der Waals surface area contributed by atoms with E-state index in [9.17, 15) is 14.9 Å². The van der Waals surface area contributed by atoms with Crippen molar-refractivity contribution < 1.29 is 9.72 Å². The summed E-state index contributed by atoms with van der Waals surface area (Å²) in [6, 6.07) is 10.8. The predicted octanol–water partition coefficient (Wildman–Crippen LogP) is 2.62. The van der Waals surface area contributed by atoms with Gasteiger partial charge < -0.3 is 4.90 Å². The molecule has 0 fully saturated rings. The standard InChI is InChI=1S/C19H17N7O3/c27-19(14-7-9-20-10-8-14)24-23-17-16(26(28)29)18(22-12-21-17)25-11-3-5-13-4-1-2-6-15(13)25/h1-2,4,6-10,12H,3,5,11H2,(H,24,27)(H,21,22,23). The smallest absolute Gasteiger partial charge is 0.320 e. The van der Waals surface area contributed by atoms with Crippen LogP contribution in [0.3, 0.4) is 0 Å². The zero-order valence-corrected chi connectivity index (χ0v) is 15.3. The molecule has 0 unspecified atom stereocenters. The van der Waals surface area contributed by atoms with E-state index in [2.05, 4.69) is 25.8 Å². The van der Waals surface area contributed by atoms with Gasteiger partial charge >= 0.3 is 5.69 Å². The first kappa shape index (κ1) is 18.3. The number of nitrogens with zero attached hydrogens (tertiary/aromatic N) is 5. The predicted molar refractivity (Wildman–Crippen MR) is 106 cm³/mol. The number of nitro groups is 1. The van der Waals surface area contributed by atoms with Gasteiger partial charge in [-0.15, -0.1) is 0 Å². The number of amides is 1. The first-order valence-electron chi connectivity index (χ1n) is 8.96. The first-order chi connectivity index (χ1) is 14.1. The fourth-order valence-corrected chi connectivity index (χ4v) is 3.27. The monoisotopic (exact) mass is 391 g/mol. The van der Waals surface area contributed by atoms with Crippen LogP contribution in [0.2, 0.25) is 0 Å². The van der Waals surface area contributed by atoms with Gasteiger partial charge in [0.15, 0.2) is 0 Å². The molecule has 1 amide bonds. The van der Waals surface area contributed by atoms with Crippen molar-refractivity contribution in [3.8, 4) is 0 Å². The Morgan fingerprint density at radius 2 is 1.93 bits per heavy atom. The van der Waals surface area contributed by atoms with Crippen molar-refractivity contribution in [2.45, 2.75) is 12.8 Å². The van der Waals surface area contributed by atoms with Crippen molar-refractivity contribution in [2.24, 2.45) is 0 Å². The number of nitrogens with one attached hydrogen (secondary N) is 2. The molecule has 0 spiro atoms. The summed E-state index contributed by atoms with van der Waals surface area (Å²) in [4.78, 5) is 37.3. The van der Waals surface area contributed by atoms with Crippen LogP contribution < -0.4 is 15.8 Å². The van der Waals surface area contributed by atoms with Crippen LogP contribution >= 0.6 is 0 Å². The number of hydrogen-bond acceptors (Lipinski definition) is 8. The lowest BCUT2D eigenvalue weighted by Gasteiger charge is -2.30. The van der Waals surface area contributed by atoms with Gasteiger partial charge in [-0.1, -0.05) is 18.2 Å². The molecule has 10 nitrogen and oxygen atoms in total. The second-order valence-electron chi connectivity index (χ2n) is 6.35. The number of hydrogen-bond donors (Lipinski definition) is 2. The van der Waals surface area contributed by atoms with Gasteiger partial charge in [-0.2, -0.15) is 0 Å². The summed E-state index contributed by atoms with van der Waals surface area (Å²) in [7, 11) is 0. The Morgan fingerprint density at radius 3 is 2.72 bits per heavy atom. The maximum atomic E-state index is 12.2. The number of aryl methyl sites for hydroxylation is 1. The van der Waals surface area contributed by atoms with Gasteiger partial charge in [-0.05, 0) is 36.6 Å². The zero-order valence-electron chi connectivity index (χ0n) is 15.3. The summed E-state index contributed by atoms with van der Waals surface area (Å²) < 4.78 is 0. The maximum Gasteiger partial charge on any atom is 0.355 e. The Morgan fingerprint density at radius 1 is 1.14 bits per heavy atom. The summed E-state index contributed by atoms with van der Waals surface area (Å²) in [5.41, 5.74) is 7.02. The van der Waals surface area contributed by atoms with Crippen LogP contribution in [0.4, 0.5) is 23.0 Å². The molecule has 4 rings (SSSR count). The molecule has 3 heterocycles. The number of hydrazine groups is 1. The Balaban J connectivity index is 1.66. The quantitative estimate of drug-likeness (QED) is 0.502. The number of anilines is 3. The summed E-state index contributed by atoms with van der Waals surface area (Å²) in [6.45, 7) is 0.595. The number of rotatable bonds is 5. The fourth-order valence-electron chi connectivity index (χ4n) is 3.27. The topological polar surface area (TPSA) is 126 Å². The van der Waals surface area contributed by atoms with E-state index >= 15 is 0 Å². The summed E-state index contributed by atoms with van der Waals surface area (Å²) in [6.07, 6.45) is 5.95. The van der Waals surface area contributed by atoms with Crippen LogP contribution in [0.1, 0.15) is 22.3 Å². The maximum absolute atomic E-state index is 12.2. The molecule has 10 heteroatoms. The minimum absolute atomic E-state index is 0.0922. The Hall–Kier alpha value is -4.08. The molecule has 2 N–H and O–H groups in total. The van der Waals surface area contributed by atoms with E-state index in [1.807, 2.05) is 29.2 Å². The number of aromatic nitrogens is 3. The first-order valence-corrected chi connectivity index (χ1v) is 8.96. The number of fused-ring (bicyclic) bond motifs is 1. The highest BCUT2D eigenvalue weighted by molar-refractivity contribution is 5.95. The van der Waals surface area contributed by atoms with Crippen LogP contribution in [0, 0.1) is 10.1 Å². The van der Waals surface area contributed by atoms with Crippen molar-refractivity contribution in [3.63, 3.8) is 0 Å². The van der Waals surface area contributed by atoms with Crippen LogP contribution in [-0.2, 0) is 6.42 Å². The Kier molecular flexibility index (Phi) is 4.97. The molecule has 1 aliphatic heterocycles. The molecule has 0 saturated heterocycles. The van der Waals surface area contributed by atoms with Crippen LogP contribution in [0.5, 0.6) is 0 Å². The second kappa shape index (κ2) is 7.89. The van der Waals surface area contributed by atoms with E-state index < -0.39 is 10.8 Å². The van der Waals surface area contributed by atoms with Crippen molar-refractivity contribution in [3.05, 3.63) is 76.4 Å². The van der Waals surface area contributed by atoms with Crippen molar-refractivity contribution in [2.75, 3.05) is 16.9 Å². The molecule has 0 atom stereocenters. The van der Waals surface area contributed by atoms with E-state index in [1.54, 1.807) is 0 Å². The summed E-state index contributed by atoms with van der Waals surface area (Å²) in [5.74, 6) is -0.381. The molecule has 3 aromatic rings. The lowest BCUT2D eigenvalue weighted by Crippen LogP contribution is -2.31. The van der Waals surface area contributed by atoms with E-state index in [0.717, 1.165) is 24.1 Å². The van der Waals surface area contributed by atoms with Gasteiger partial charge in [-0.3, -0.25) is 30.7 Å². The van der Waals surface area contributed by atoms with Gasteiger partial charge in [0, 0.05) is 30.2 Å². The average molecular weight is 391 g/mol. The average Bonchev–Trinajstić information content (AvgIpc) is 2.77. The second-order valence-corrected chi connectivity index (χ2v) is 6.35. The minimum atomic E-state index is -0.548. The molecule has 29 heavy (non-hydrogen) atoms. The van der Waals surface area contributed by atoms with Gasteiger partial charge in [0.2, 0.25) is 11.6 Å². The summed E-state index contributed by atoms with van der Waals surface area (Å²) >= 11 is 0. The number of carbonyl (C=O) groups is 1. The molecule has 2 aromatic heterocycles. The highest BCUT2D eigenvalue weighted by Crippen LogP contribution is 2.39. The molecule has 0 bridgehead atoms. The molecular formula is C19H17N7O3. The van der Waals surface area contributed by atoms with Crippen molar-refractivity contribution >= 4 is 28.9 Å². The Bertz CT molecular complexity index is 1060. The van der Waals surface area contributed by atoms with Crippen LogP contribution in [0.15, 0.2) is 55.1 Å².